The Labute approximate surface area is 110 Å². The molecule has 0 fully saturated rings. The summed E-state index contributed by atoms with van der Waals surface area (Å²) in [6.07, 6.45) is 0. The Morgan fingerprint density at radius 3 is 2.84 bits per heavy atom. The van der Waals surface area contributed by atoms with E-state index in [0.717, 1.165) is 6.07 Å². The second-order valence-electron chi connectivity index (χ2n) is 4.69. The zero-order valence-electron chi connectivity index (χ0n) is 10.8. The smallest absolute Gasteiger partial charge is 0.374 e. The van der Waals surface area contributed by atoms with Crippen LogP contribution in [0.4, 0.5) is 5.69 Å². The van der Waals surface area contributed by atoms with Crippen molar-refractivity contribution in [2.75, 3.05) is 12.3 Å². The first kappa shape index (κ1) is 13.1. The standard InChI is InChI=1S/C14H15NO4/c1-8(2)7-18-14(17)12-6-11(16)9-4-3-5-10(15)13(9)19-12/h3-6,8H,7,15H2,1-2H3. The average Bonchev–Trinajstić information content (AvgIpc) is 2.37. The molecule has 0 radical (unpaired) electrons. The van der Waals surface area contributed by atoms with E-state index in [0.29, 0.717) is 11.1 Å². The van der Waals surface area contributed by atoms with Gasteiger partial charge in [0, 0.05) is 6.07 Å². The van der Waals surface area contributed by atoms with Crippen LogP contribution in [0.2, 0.25) is 0 Å². The van der Waals surface area contributed by atoms with E-state index in [9.17, 15) is 9.59 Å². The topological polar surface area (TPSA) is 82.5 Å². The Hall–Kier alpha value is -2.30. The summed E-state index contributed by atoms with van der Waals surface area (Å²) in [4.78, 5) is 23.6. The van der Waals surface area contributed by atoms with Crippen molar-refractivity contribution in [1.29, 1.82) is 0 Å². The summed E-state index contributed by atoms with van der Waals surface area (Å²) in [5.41, 5.74) is 5.94. The first-order chi connectivity index (χ1) is 8.99. The lowest BCUT2D eigenvalue weighted by molar-refractivity contribution is 0.0423. The number of para-hydroxylation sites is 1. The van der Waals surface area contributed by atoms with Gasteiger partial charge in [0.2, 0.25) is 5.76 Å². The maximum absolute atomic E-state index is 11.9. The highest BCUT2D eigenvalue weighted by Gasteiger charge is 2.15. The normalized spacial score (nSPS) is 10.9. The second-order valence-corrected chi connectivity index (χ2v) is 4.69. The van der Waals surface area contributed by atoms with Crippen LogP contribution in [0.15, 0.2) is 33.5 Å². The van der Waals surface area contributed by atoms with Crippen LogP contribution in [-0.2, 0) is 4.74 Å². The summed E-state index contributed by atoms with van der Waals surface area (Å²) in [7, 11) is 0. The number of fused-ring (bicyclic) bond motifs is 1. The Morgan fingerprint density at radius 1 is 1.42 bits per heavy atom. The van der Waals surface area contributed by atoms with Crippen molar-refractivity contribution in [3.05, 3.63) is 40.2 Å². The second kappa shape index (κ2) is 5.14. The van der Waals surface area contributed by atoms with Crippen molar-refractivity contribution < 1.29 is 13.9 Å². The van der Waals surface area contributed by atoms with Crippen molar-refractivity contribution in [2.45, 2.75) is 13.8 Å². The summed E-state index contributed by atoms with van der Waals surface area (Å²) < 4.78 is 10.4. The van der Waals surface area contributed by atoms with Gasteiger partial charge in [-0.15, -0.1) is 0 Å². The number of hydrogen-bond acceptors (Lipinski definition) is 5. The molecular formula is C14H15NO4. The van der Waals surface area contributed by atoms with E-state index in [4.69, 9.17) is 14.9 Å². The van der Waals surface area contributed by atoms with Gasteiger partial charge < -0.3 is 14.9 Å². The zero-order valence-corrected chi connectivity index (χ0v) is 10.8. The predicted molar refractivity (Wildman–Crippen MR) is 72.0 cm³/mol. The molecule has 5 nitrogen and oxygen atoms in total. The fourth-order valence-electron chi connectivity index (χ4n) is 1.61. The Kier molecular flexibility index (Phi) is 3.55. The maximum Gasteiger partial charge on any atom is 0.374 e. The minimum Gasteiger partial charge on any atom is -0.460 e. The number of carbonyl (C=O) groups excluding carboxylic acids is 1. The quantitative estimate of drug-likeness (QED) is 0.676. The Morgan fingerprint density at radius 2 is 2.16 bits per heavy atom. The zero-order chi connectivity index (χ0) is 14.0. The van der Waals surface area contributed by atoms with E-state index < -0.39 is 5.97 Å². The molecule has 100 valence electrons. The number of nitrogens with two attached hydrogens (primary N) is 1. The van der Waals surface area contributed by atoms with E-state index in [1.807, 2.05) is 13.8 Å². The molecule has 0 aliphatic rings. The van der Waals surface area contributed by atoms with Crippen LogP contribution in [0, 0.1) is 5.92 Å². The van der Waals surface area contributed by atoms with E-state index in [-0.39, 0.29) is 29.3 Å². The number of hydrogen-bond donors (Lipinski definition) is 1. The fraction of sp³-hybridized carbons (Fsp3) is 0.286. The third-order valence-corrected chi connectivity index (χ3v) is 2.53. The Bertz CT molecular complexity index is 673. The van der Waals surface area contributed by atoms with E-state index >= 15 is 0 Å². The largest absolute Gasteiger partial charge is 0.460 e. The molecule has 0 atom stereocenters. The van der Waals surface area contributed by atoms with Crippen molar-refractivity contribution in [3.8, 4) is 0 Å². The number of carbonyl (C=O) groups is 1. The minimum atomic E-state index is -0.657. The van der Waals surface area contributed by atoms with Gasteiger partial charge in [0.1, 0.15) is 0 Å². The average molecular weight is 261 g/mol. The highest BCUT2D eigenvalue weighted by Crippen LogP contribution is 2.19. The molecule has 0 unspecified atom stereocenters. The van der Waals surface area contributed by atoms with Crippen molar-refractivity contribution in [2.24, 2.45) is 5.92 Å². The number of rotatable bonds is 3. The number of nitrogen functional groups attached to an aromatic ring is 1. The lowest BCUT2D eigenvalue weighted by Gasteiger charge is -2.07. The monoisotopic (exact) mass is 261 g/mol. The predicted octanol–water partition coefficient (Wildman–Crippen LogP) is 2.19. The third kappa shape index (κ3) is 2.76. The van der Waals surface area contributed by atoms with Crippen LogP contribution in [0.3, 0.4) is 0 Å². The van der Waals surface area contributed by atoms with Gasteiger partial charge in [0.05, 0.1) is 17.7 Å². The molecule has 0 saturated carbocycles. The van der Waals surface area contributed by atoms with Crippen molar-refractivity contribution in [1.82, 2.24) is 0 Å². The number of ether oxygens (including phenoxy) is 1. The molecular weight excluding hydrogens is 246 g/mol. The lowest BCUT2D eigenvalue weighted by atomic mass is 10.2. The number of anilines is 1. The highest BCUT2D eigenvalue weighted by atomic mass is 16.5. The van der Waals surface area contributed by atoms with Crippen LogP contribution in [-0.4, -0.2) is 12.6 Å². The molecule has 0 spiro atoms. The highest BCUT2D eigenvalue weighted by molar-refractivity contribution is 5.92. The van der Waals surface area contributed by atoms with Crippen molar-refractivity contribution >= 4 is 22.6 Å². The SMILES string of the molecule is CC(C)COC(=O)c1cc(=O)c2cccc(N)c2o1. The van der Waals surface area contributed by atoms with Crippen LogP contribution >= 0.6 is 0 Å². The number of esters is 1. The van der Waals surface area contributed by atoms with Gasteiger partial charge in [-0.05, 0) is 18.1 Å². The van der Waals surface area contributed by atoms with E-state index in [2.05, 4.69) is 0 Å². The molecule has 0 bridgehead atoms. The summed E-state index contributed by atoms with van der Waals surface area (Å²) >= 11 is 0. The molecule has 19 heavy (non-hydrogen) atoms. The van der Waals surface area contributed by atoms with Gasteiger partial charge in [-0.25, -0.2) is 4.79 Å². The fourth-order valence-corrected chi connectivity index (χ4v) is 1.61. The van der Waals surface area contributed by atoms with Gasteiger partial charge in [-0.2, -0.15) is 0 Å². The van der Waals surface area contributed by atoms with Gasteiger partial charge >= 0.3 is 5.97 Å². The van der Waals surface area contributed by atoms with Crippen LogP contribution in [0.25, 0.3) is 11.0 Å². The van der Waals surface area contributed by atoms with Crippen LogP contribution in [0.1, 0.15) is 24.4 Å². The molecule has 0 aliphatic heterocycles. The lowest BCUT2D eigenvalue weighted by Crippen LogP contribution is -2.13. The van der Waals surface area contributed by atoms with E-state index in [1.165, 1.54) is 0 Å². The molecule has 0 saturated heterocycles. The first-order valence-electron chi connectivity index (χ1n) is 5.98. The Balaban J connectivity index is 2.43. The first-order valence-corrected chi connectivity index (χ1v) is 5.98. The maximum atomic E-state index is 11.9. The minimum absolute atomic E-state index is 0.129. The number of benzene rings is 1. The van der Waals surface area contributed by atoms with Gasteiger partial charge in [-0.1, -0.05) is 19.9 Å². The molecule has 1 aromatic carbocycles. The summed E-state index contributed by atoms with van der Waals surface area (Å²) in [6.45, 7) is 4.11. The summed E-state index contributed by atoms with van der Waals surface area (Å²) in [5, 5.41) is 0.348. The molecule has 2 rings (SSSR count). The summed E-state index contributed by atoms with van der Waals surface area (Å²) in [6, 6.07) is 5.99. The molecule has 2 N–H and O–H groups in total. The molecule has 1 heterocycles. The van der Waals surface area contributed by atoms with Gasteiger partial charge in [0.15, 0.2) is 11.0 Å². The molecule has 5 heteroatoms. The molecule has 0 amide bonds. The molecule has 1 aromatic heterocycles. The summed E-state index contributed by atoms with van der Waals surface area (Å²) in [5.74, 6) is -0.576. The molecule has 2 aromatic rings. The van der Waals surface area contributed by atoms with E-state index in [1.54, 1.807) is 18.2 Å². The van der Waals surface area contributed by atoms with Gasteiger partial charge in [0.25, 0.3) is 0 Å². The molecule has 0 aliphatic carbocycles. The van der Waals surface area contributed by atoms with Crippen molar-refractivity contribution in [3.63, 3.8) is 0 Å². The van der Waals surface area contributed by atoms with Crippen LogP contribution < -0.4 is 11.2 Å². The third-order valence-electron chi connectivity index (χ3n) is 2.53. The van der Waals surface area contributed by atoms with Crippen LogP contribution in [0.5, 0.6) is 0 Å². The van der Waals surface area contributed by atoms with Gasteiger partial charge in [-0.3, -0.25) is 4.79 Å².